The number of carbonyl (C=O) groups is 1. The number of hydrogen-bond donors (Lipinski definition) is 0. The van der Waals surface area contributed by atoms with Gasteiger partial charge in [0.1, 0.15) is 5.75 Å². The highest BCUT2D eigenvalue weighted by Crippen LogP contribution is 2.41. The van der Waals surface area contributed by atoms with Crippen LogP contribution in [0, 0.1) is 0 Å². The van der Waals surface area contributed by atoms with Crippen LogP contribution in [-0.2, 0) is 4.79 Å². The lowest BCUT2D eigenvalue weighted by molar-refractivity contribution is -0.130. The summed E-state index contributed by atoms with van der Waals surface area (Å²) in [6, 6.07) is 6.55. The van der Waals surface area contributed by atoms with Gasteiger partial charge in [0.25, 0.3) is 0 Å². The van der Waals surface area contributed by atoms with Crippen LogP contribution < -0.4 is 9.64 Å². The molecule has 1 saturated heterocycles. The molecule has 1 atom stereocenters. The average molecular weight is 302 g/mol. The minimum Gasteiger partial charge on any atom is -0.497 e. The van der Waals surface area contributed by atoms with Crippen LogP contribution in [0.15, 0.2) is 18.2 Å². The molecule has 22 heavy (non-hydrogen) atoms. The molecular formula is C18H26N2O2. The van der Waals surface area contributed by atoms with E-state index in [9.17, 15) is 4.79 Å². The van der Waals surface area contributed by atoms with Gasteiger partial charge in [-0.1, -0.05) is 13.3 Å². The van der Waals surface area contributed by atoms with Crippen molar-refractivity contribution in [3.63, 3.8) is 0 Å². The largest absolute Gasteiger partial charge is 0.497 e. The van der Waals surface area contributed by atoms with Gasteiger partial charge in [0.2, 0.25) is 5.91 Å². The minimum absolute atomic E-state index is 0.220. The fourth-order valence-electron chi connectivity index (χ4n) is 3.67. The summed E-state index contributed by atoms with van der Waals surface area (Å²) in [5.41, 5.74) is 2.54. The van der Waals surface area contributed by atoms with Crippen LogP contribution in [0.2, 0.25) is 0 Å². The van der Waals surface area contributed by atoms with E-state index in [-0.39, 0.29) is 6.04 Å². The van der Waals surface area contributed by atoms with E-state index in [0.717, 1.165) is 38.2 Å². The van der Waals surface area contributed by atoms with Crippen LogP contribution in [0.5, 0.6) is 5.75 Å². The van der Waals surface area contributed by atoms with E-state index in [1.54, 1.807) is 7.11 Å². The van der Waals surface area contributed by atoms with Gasteiger partial charge in [-0.3, -0.25) is 4.79 Å². The maximum Gasteiger partial charge on any atom is 0.223 e. The Morgan fingerprint density at radius 1 is 1.32 bits per heavy atom. The second kappa shape index (κ2) is 6.59. The fourth-order valence-corrected chi connectivity index (χ4v) is 3.67. The predicted octanol–water partition coefficient (Wildman–Crippen LogP) is 3.37. The molecule has 0 N–H and O–H groups in total. The van der Waals surface area contributed by atoms with Crippen LogP contribution in [0.25, 0.3) is 0 Å². The summed E-state index contributed by atoms with van der Waals surface area (Å²) in [4.78, 5) is 16.7. The topological polar surface area (TPSA) is 32.8 Å². The Morgan fingerprint density at radius 3 is 2.86 bits per heavy atom. The molecule has 120 valence electrons. The van der Waals surface area contributed by atoms with Crippen molar-refractivity contribution in [2.24, 2.45) is 0 Å². The highest BCUT2D eigenvalue weighted by molar-refractivity contribution is 5.79. The number of rotatable bonds is 5. The van der Waals surface area contributed by atoms with E-state index in [2.05, 4.69) is 28.9 Å². The van der Waals surface area contributed by atoms with Crippen LogP contribution in [-0.4, -0.2) is 37.6 Å². The van der Waals surface area contributed by atoms with Crippen molar-refractivity contribution in [1.82, 2.24) is 4.90 Å². The quantitative estimate of drug-likeness (QED) is 0.836. The first-order chi connectivity index (χ1) is 10.7. The number of methoxy groups -OCH3 is 1. The number of hydrogen-bond acceptors (Lipinski definition) is 3. The highest BCUT2D eigenvalue weighted by Gasteiger charge is 2.34. The van der Waals surface area contributed by atoms with Gasteiger partial charge in [0.05, 0.1) is 13.2 Å². The number of likely N-dealkylation sites (tertiary alicyclic amines) is 1. The van der Waals surface area contributed by atoms with Gasteiger partial charge in [0.15, 0.2) is 0 Å². The van der Waals surface area contributed by atoms with Gasteiger partial charge in [-0.15, -0.1) is 0 Å². The van der Waals surface area contributed by atoms with E-state index in [1.807, 2.05) is 6.07 Å². The van der Waals surface area contributed by atoms with Crippen molar-refractivity contribution in [2.75, 3.05) is 31.6 Å². The summed E-state index contributed by atoms with van der Waals surface area (Å²) >= 11 is 0. The van der Waals surface area contributed by atoms with Crippen molar-refractivity contribution < 1.29 is 9.53 Å². The smallest absolute Gasteiger partial charge is 0.223 e. The van der Waals surface area contributed by atoms with E-state index in [4.69, 9.17) is 4.74 Å². The molecule has 0 aromatic heterocycles. The van der Waals surface area contributed by atoms with Crippen molar-refractivity contribution in [3.8, 4) is 5.75 Å². The Kier molecular flexibility index (Phi) is 4.55. The van der Waals surface area contributed by atoms with E-state index in [0.29, 0.717) is 12.3 Å². The molecule has 0 aliphatic carbocycles. The zero-order chi connectivity index (χ0) is 15.5. The summed E-state index contributed by atoms with van der Waals surface area (Å²) < 4.78 is 5.41. The third-order valence-electron chi connectivity index (χ3n) is 4.87. The second-order valence-corrected chi connectivity index (χ2v) is 6.26. The molecular weight excluding hydrogens is 276 g/mol. The zero-order valence-electron chi connectivity index (χ0n) is 13.7. The van der Waals surface area contributed by atoms with E-state index < -0.39 is 0 Å². The maximum absolute atomic E-state index is 12.2. The van der Waals surface area contributed by atoms with Gasteiger partial charge in [0, 0.05) is 37.3 Å². The van der Waals surface area contributed by atoms with E-state index >= 15 is 0 Å². The molecule has 1 aromatic carbocycles. The molecule has 3 rings (SSSR count). The third-order valence-corrected chi connectivity index (χ3v) is 4.87. The molecule has 2 aliphatic heterocycles. The number of unbranched alkanes of at least 4 members (excludes halogenated alkanes) is 1. The summed E-state index contributed by atoms with van der Waals surface area (Å²) in [6.45, 7) is 5.25. The van der Waals surface area contributed by atoms with Crippen LogP contribution >= 0.6 is 0 Å². The molecule has 0 radical (unpaired) electrons. The number of anilines is 1. The molecule has 4 nitrogen and oxygen atoms in total. The first-order valence-electron chi connectivity index (χ1n) is 8.47. The minimum atomic E-state index is 0.220. The normalized spacial score (nSPS) is 21.2. The predicted molar refractivity (Wildman–Crippen MR) is 88.4 cm³/mol. The molecule has 2 heterocycles. The Bertz CT molecular complexity index is 544. The molecule has 1 amide bonds. The monoisotopic (exact) mass is 302 g/mol. The van der Waals surface area contributed by atoms with Gasteiger partial charge in [-0.05, 0) is 37.5 Å². The number of nitrogens with zero attached hydrogens (tertiary/aromatic N) is 2. The lowest BCUT2D eigenvalue weighted by Crippen LogP contribution is -2.39. The summed E-state index contributed by atoms with van der Waals surface area (Å²) in [6.07, 6.45) is 5.13. The molecule has 1 unspecified atom stereocenters. The zero-order valence-corrected chi connectivity index (χ0v) is 13.7. The van der Waals surface area contributed by atoms with Gasteiger partial charge < -0.3 is 14.5 Å². The fraction of sp³-hybridized carbons (Fsp3) is 0.611. The first-order valence-corrected chi connectivity index (χ1v) is 8.47. The molecule has 0 bridgehead atoms. The van der Waals surface area contributed by atoms with Gasteiger partial charge in [-0.25, -0.2) is 0 Å². The number of benzene rings is 1. The van der Waals surface area contributed by atoms with Crippen molar-refractivity contribution in [2.45, 2.75) is 45.1 Å². The summed E-state index contributed by atoms with van der Waals surface area (Å²) in [7, 11) is 1.70. The number of fused-ring (bicyclic) bond motifs is 1. The third kappa shape index (κ3) is 2.79. The van der Waals surface area contributed by atoms with Gasteiger partial charge in [-0.2, -0.15) is 0 Å². The Balaban J connectivity index is 1.93. The van der Waals surface area contributed by atoms with Crippen LogP contribution in [0.4, 0.5) is 5.69 Å². The standard InChI is InChI=1S/C18H26N2O2/c1-3-4-10-19-12-9-17(20-11-5-6-18(20)21)15-13-14(22-2)7-8-16(15)19/h7-8,13,17H,3-6,9-12H2,1-2H3. The Labute approximate surface area is 133 Å². The number of ether oxygens (including phenoxy) is 1. The Hall–Kier alpha value is -1.71. The number of amides is 1. The maximum atomic E-state index is 12.2. The SMILES string of the molecule is CCCCN1CCC(N2CCCC2=O)c2cc(OC)ccc21. The summed E-state index contributed by atoms with van der Waals surface area (Å²) in [5.74, 6) is 1.19. The molecule has 4 heteroatoms. The second-order valence-electron chi connectivity index (χ2n) is 6.26. The molecule has 1 fully saturated rings. The lowest BCUT2D eigenvalue weighted by atomic mass is 9.94. The first kappa shape index (κ1) is 15.2. The molecule has 0 saturated carbocycles. The highest BCUT2D eigenvalue weighted by atomic mass is 16.5. The van der Waals surface area contributed by atoms with Crippen molar-refractivity contribution in [1.29, 1.82) is 0 Å². The van der Waals surface area contributed by atoms with Crippen LogP contribution in [0.1, 0.15) is 50.6 Å². The molecule has 0 spiro atoms. The number of carbonyl (C=O) groups excluding carboxylic acids is 1. The molecule has 2 aliphatic rings. The Morgan fingerprint density at radius 2 is 2.18 bits per heavy atom. The van der Waals surface area contributed by atoms with Crippen molar-refractivity contribution >= 4 is 11.6 Å². The van der Waals surface area contributed by atoms with Crippen molar-refractivity contribution in [3.05, 3.63) is 23.8 Å². The van der Waals surface area contributed by atoms with Crippen LogP contribution in [0.3, 0.4) is 0 Å². The van der Waals surface area contributed by atoms with Gasteiger partial charge >= 0.3 is 0 Å². The molecule has 1 aromatic rings. The summed E-state index contributed by atoms with van der Waals surface area (Å²) in [5, 5.41) is 0. The lowest BCUT2D eigenvalue weighted by Gasteiger charge is -2.39. The average Bonchev–Trinajstić information content (AvgIpc) is 2.97. The van der Waals surface area contributed by atoms with E-state index in [1.165, 1.54) is 24.1 Å².